The van der Waals surface area contributed by atoms with Crippen LogP contribution in [0.4, 0.5) is 0 Å². The minimum Gasteiger partial charge on any atom is -0.356 e. The van der Waals surface area contributed by atoms with E-state index in [9.17, 15) is 0 Å². The van der Waals surface area contributed by atoms with Gasteiger partial charge in [0, 0.05) is 35.1 Å². The molecule has 21 heavy (non-hydrogen) atoms. The van der Waals surface area contributed by atoms with Gasteiger partial charge in [-0.2, -0.15) is 0 Å². The van der Waals surface area contributed by atoms with Gasteiger partial charge in [0.15, 0.2) is 5.96 Å². The molecule has 1 heterocycles. The summed E-state index contributed by atoms with van der Waals surface area (Å²) in [6.07, 6.45) is 4.68. The lowest BCUT2D eigenvalue weighted by Gasteiger charge is -2.43. The average Bonchev–Trinajstić information content (AvgIpc) is 2.40. The van der Waals surface area contributed by atoms with Crippen LogP contribution in [-0.2, 0) is 5.41 Å². The molecule has 0 bridgehead atoms. The number of nitrogens with zero attached hydrogens (tertiary/aromatic N) is 1. The lowest BCUT2D eigenvalue weighted by Crippen LogP contribution is -2.50. The molecule has 1 aliphatic carbocycles. The third-order valence-electron chi connectivity index (χ3n) is 4.30. The van der Waals surface area contributed by atoms with Gasteiger partial charge in [-0.1, -0.05) is 35.7 Å². The van der Waals surface area contributed by atoms with Crippen LogP contribution in [0, 0.1) is 0 Å². The van der Waals surface area contributed by atoms with Gasteiger partial charge in [0.25, 0.3) is 0 Å². The van der Waals surface area contributed by atoms with Gasteiger partial charge in [-0.15, -0.1) is 24.0 Å². The monoisotopic (exact) mass is 439 g/mol. The minimum absolute atomic E-state index is 0. The zero-order valence-electron chi connectivity index (χ0n) is 11.8. The van der Waals surface area contributed by atoms with Crippen molar-refractivity contribution in [3.8, 4) is 0 Å². The number of guanidine groups is 1. The van der Waals surface area contributed by atoms with E-state index in [2.05, 4.69) is 21.7 Å². The SMILES string of the molecule is Clc1ccc(C2(CNC3=NCCCN3)CCC2)c(Cl)c1.I. The predicted octanol–water partition coefficient (Wildman–Crippen LogP) is 3.97. The van der Waals surface area contributed by atoms with Crippen LogP contribution in [-0.4, -0.2) is 25.6 Å². The Morgan fingerprint density at radius 2 is 2.05 bits per heavy atom. The molecule has 0 saturated heterocycles. The van der Waals surface area contributed by atoms with E-state index in [-0.39, 0.29) is 29.4 Å². The number of nitrogens with one attached hydrogen (secondary N) is 2. The Kier molecular flexibility index (Phi) is 6.03. The zero-order valence-corrected chi connectivity index (χ0v) is 15.6. The summed E-state index contributed by atoms with van der Waals surface area (Å²) in [5.41, 5.74) is 1.34. The average molecular weight is 440 g/mol. The summed E-state index contributed by atoms with van der Waals surface area (Å²) in [7, 11) is 0. The van der Waals surface area contributed by atoms with E-state index in [4.69, 9.17) is 23.2 Å². The van der Waals surface area contributed by atoms with Gasteiger partial charge in [-0.05, 0) is 37.0 Å². The van der Waals surface area contributed by atoms with Gasteiger partial charge in [-0.3, -0.25) is 4.99 Å². The molecule has 0 radical (unpaired) electrons. The number of hydrogen-bond acceptors (Lipinski definition) is 3. The predicted molar refractivity (Wildman–Crippen MR) is 100 cm³/mol. The van der Waals surface area contributed by atoms with Gasteiger partial charge >= 0.3 is 0 Å². The van der Waals surface area contributed by atoms with Crippen LogP contribution in [0.1, 0.15) is 31.2 Å². The van der Waals surface area contributed by atoms with Crippen molar-refractivity contribution < 1.29 is 0 Å². The van der Waals surface area contributed by atoms with E-state index in [0.29, 0.717) is 5.02 Å². The van der Waals surface area contributed by atoms with E-state index < -0.39 is 0 Å². The molecule has 116 valence electrons. The van der Waals surface area contributed by atoms with Crippen LogP contribution in [0.25, 0.3) is 0 Å². The molecule has 0 atom stereocenters. The molecule has 0 unspecified atom stereocenters. The first-order chi connectivity index (χ1) is 9.70. The Bertz CT molecular complexity index is 530. The van der Waals surface area contributed by atoms with E-state index in [1.54, 1.807) is 0 Å². The summed E-state index contributed by atoms with van der Waals surface area (Å²) in [4.78, 5) is 4.46. The highest BCUT2D eigenvalue weighted by Crippen LogP contribution is 2.46. The van der Waals surface area contributed by atoms with Gasteiger partial charge in [0.2, 0.25) is 0 Å². The van der Waals surface area contributed by atoms with Crippen molar-refractivity contribution in [1.82, 2.24) is 10.6 Å². The molecule has 3 nitrogen and oxygen atoms in total. The van der Waals surface area contributed by atoms with E-state index in [1.165, 1.54) is 12.0 Å². The topological polar surface area (TPSA) is 36.4 Å². The van der Waals surface area contributed by atoms with Crippen molar-refractivity contribution in [3.63, 3.8) is 0 Å². The molecule has 1 fully saturated rings. The van der Waals surface area contributed by atoms with Crippen LogP contribution in [0.3, 0.4) is 0 Å². The highest BCUT2D eigenvalue weighted by atomic mass is 127. The summed E-state index contributed by atoms with van der Waals surface area (Å²) < 4.78 is 0. The van der Waals surface area contributed by atoms with Gasteiger partial charge in [0.05, 0.1) is 0 Å². The third-order valence-corrected chi connectivity index (χ3v) is 4.85. The molecule has 3 rings (SSSR count). The molecular weight excluding hydrogens is 420 g/mol. The number of rotatable bonds is 3. The Balaban J connectivity index is 0.00000161. The van der Waals surface area contributed by atoms with Crippen LogP contribution in [0.2, 0.25) is 10.0 Å². The molecule has 0 aromatic heterocycles. The van der Waals surface area contributed by atoms with E-state index in [1.807, 2.05) is 12.1 Å². The highest BCUT2D eigenvalue weighted by Gasteiger charge is 2.40. The molecule has 6 heteroatoms. The summed E-state index contributed by atoms with van der Waals surface area (Å²) in [6.45, 7) is 2.78. The first-order valence-electron chi connectivity index (χ1n) is 7.17. The Labute approximate surface area is 152 Å². The standard InChI is InChI=1S/C15H19Cl2N3.HI/c16-11-3-4-12(13(17)9-11)15(5-1-6-15)10-20-14-18-7-2-8-19-14;/h3-4,9H,1-2,5-8,10H2,(H2,18,19,20);1H. The number of hydrogen-bond donors (Lipinski definition) is 2. The molecular formula is C15H20Cl2IN3. The van der Waals surface area contributed by atoms with Crippen molar-refractivity contribution in [1.29, 1.82) is 0 Å². The van der Waals surface area contributed by atoms with Crippen molar-refractivity contribution in [2.75, 3.05) is 19.6 Å². The summed E-state index contributed by atoms with van der Waals surface area (Å²) in [5.74, 6) is 0.924. The molecule has 0 spiro atoms. The first-order valence-corrected chi connectivity index (χ1v) is 7.93. The molecule has 0 amide bonds. The number of halogens is 3. The molecule has 1 aliphatic heterocycles. The molecule has 1 aromatic rings. The molecule has 2 N–H and O–H groups in total. The Morgan fingerprint density at radius 3 is 2.62 bits per heavy atom. The molecule has 1 saturated carbocycles. The fraction of sp³-hybridized carbons (Fsp3) is 0.533. The fourth-order valence-electron chi connectivity index (χ4n) is 2.97. The number of benzene rings is 1. The quantitative estimate of drug-likeness (QED) is 0.699. The summed E-state index contributed by atoms with van der Waals surface area (Å²) >= 11 is 12.4. The third kappa shape index (κ3) is 3.77. The molecule has 2 aliphatic rings. The van der Waals surface area contributed by atoms with Crippen molar-refractivity contribution in [2.45, 2.75) is 31.1 Å². The second-order valence-electron chi connectivity index (χ2n) is 5.62. The van der Waals surface area contributed by atoms with Crippen molar-refractivity contribution in [3.05, 3.63) is 33.8 Å². The molecule has 1 aromatic carbocycles. The number of aliphatic imine (C=N–C) groups is 1. The lowest BCUT2D eigenvalue weighted by atomic mass is 9.64. The normalized spacial score (nSPS) is 19.6. The summed E-state index contributed by atoms with van der Waals surface area (Å²) in [6, 6.07) is 5.84. The van der Waals surface area contributed by atoms with Gasteiger partial charge in [-0.25, -0.2) is 0 Å². The smallest absolute Gasteiger partial charge is 0.191 e. The van der Waals surface area contributed by atoms with Crippen LogP contribution in [0.5, 0.6) is 0 Å². The second kappa shape index (κ2) is 7.38. The Hall–Kier alpha value is -0.200. The second-order valence-corrected chi connectivity index (χ2v) is 6.47. The van der Waals surface area contributed by atoms with Crippen molar-refractivity contribution >= 4 is 53.1 Å². The van der Waals surface area contributed by atoms with E-state index >= 15 is 0 Å². The van der Waals surface area contributed by atoms with Crippen molar-refractivity contribution in [2.24, 2.45) is 4.99 Å². The largest absolute Gasteiger partial charge is 0.356 e. The van der Waals surface area contributed by atoms with Crippen LogP contribution < -0.4 is 10.6 Å². The van der Waals surface area contributed by atoms with Crippen LogP contribution >= 0.6 is 47.2 Å². The summed E-state index contributed by atoms with van der Waals surface area (Å²) in [5, 5.41) is 8.22. The fourth-order valence-corrected chi connectivity index (χ4v) is 3.58. The maximum absolute atomic E-state index is 6.39. The van der Waals surface area contributed by atoms with Gasteiger partial charge < -0.3 is 10.6 Å². The maximum atomic E-state index is 6.39. The zero-order chi connectivity index (χ0) is 14.0. The maximum Gasteiger partial charge on any atom is 0.191 e. The van der Waals surface area contributed by atoms with Gasteiger partial charge in [0.1, 0.15) is 0 Å². The minimum atomic E-state index is 0. The Morgan fingerprint density at radius 1 is 1.24 bits per heavy atom. The van der Waals surface area contributed by atoms with E-state index in [0.717, 1.165) is 49.9 Å². The lowest BCUT2D eigenvalue weighted by molar-refractivity contribution is 0.244. The highest BCUT2D eigenvalue weighted by molar-refractivity contribution is 14.0. The first kappa shape index (κ1) is 17.2. The van der Waals surface area contributed by atoms with Crippen LogP contribution in [0.15, 0.2) is 23.2 Å².